The molecule has 0 spiro atoms. The van der Waals surface area contributed by atoms with E-state index in [1.165, 1.54) is 0 Å². The minimum absolute atomic E-state index is 0.0794. The molecule has 0 N–H and O–H groups in total. The molecule has 1 saturated carbocycles. The lowest BCUT2D eigenvalue weighted by Gasteiger charge is -2.28. The third-order valence-corrected chi connectivity index (χ3v) is 4.08. The first-order valence-corrected chi connectivity index (χ1v) is 7.43. The molecule has 1 aromatic heterocycles. The van der Waals surface area contributed by atoms with Crippen molar-refractivity contribution < 1.29 is 13.9 Å². The molecule has 0 atom stereocenters. The van der Waals surface area contributed by atoms with Gasteiger partial charge in [-0.3, -0.25) is 4.79 Å². The summed E-state index contributed by atoms with van der Waals surface area (Å²) in [4.78, 5) is 18.5. The fourth-order valence-electron chi connectivity index (χ4n) is 2.56. The molecule has 2 aliphatic rings. The van der Waals surface area contributed by atoms with E-state index >= 15 is 0 Å². The zero-order valence-electron chi connectivity index (χ0n) is 12.1. The molecule has 1 aliphatic heterocycles. The second kappa shape index (κ2) is 5.84. The van der Waals surface area contributed by atoms with E-state index in [1.54, 1.807) is 6.20 Å². The number of hydrogen-bond acceptors (Lipinski definition) is 3. The summed E-state index contributed by atoms with van der Waals surface area (Å²) in [6, 6.07) is 2.24. The van der Waals surface area contributed by atoms with Crippen LogP contribution in [0.2, 0.25) is 0 Å². The Bertz CT molecular complexity index is 582. The van der Waals surface area contributed by atoms with Crippen LogP contribution in [0.1, 0.15) is 42.1 Å². The summed E-state index contributed by atoms with van der Waals surface area (Å²) >= 11 is 0. The largest absolute Gasteiger partial charge is 0.473 e. The second-order valence-corrected chi connectivity index (χ2v) is 5.57. The summed E-state index contributed by atoms with van der Waals surface area (Å²) in [7, 11) is 0. The highest BCUT2D eigenvalue weighted by atomic mass is 19.1. The quantitative estimate of drug-likeness (QED) is 0.837. The molecule has 1 fully saturated rings. The molecule has 0 radical (unpaired) electrons. The van der Waals surface area contributed by atoms with Crippen molar-refractivity contribution >= 4 is 5.91 Å². The predicted molar refractivity (Wildman–Crippen MR) is 77.0 cm³/mol. The fraction of sp³-hybridized carbons (Fsp3) is 0.500. The maximum atomic E-state index is 12.5. The van der Waals surface area contributed by atoms with Crippen LogP contribution in [-0.2, 0) is 6.42 Å². The Labute approximate surface area is 123 Å². The van der Waals surface area contributed by atoms with Crippen LogP contribution in [0.5, 0.6) is 5.88 Å². The number of fused-ring (bicyclic) bond motifs is 1. The molecule has 0 saturated heterocycles. The number of carbonyl (C=O) groups excluding carboxylic acids is 1. The van der Waals surface area contributed by atoms with Crippen molar-refractivity contribution in [2.45, 2.75) is 38.6 Å². The molecular formula is C16H19FN2O2. The number of aromatic nitrogens is 1. The number of ether oxygens (including phenoxy) is 1. The molecule has 1 aliphatic carbocycles. The van der Waals surface area contributed by atoms with E-state index in [0.717, 1.165) is 31.4 Å². The summed E-state index contributed by atoms with van der Waals surface area (Å²) in [6.45, 7) is 2.84. The molecule has 2 heterocycles. The van der Waals surface area contributed by atoms with Crippen molar-refractivity contribution in [3.8, 4) is 5.88 Å². The molecule has 0 unspecified atom stereocenters. The van der Waals surface area contributed by atoms with Gasteiger partial charge in [0.25, 0.3) is 5.91 Å². The second-order valence-electron chi connectivity index (χ2n) is 5.57. The van der Waals surface area contributed by atoms with Crippen molar-refractivity contribution in [3.63, 3.8) is 0 Å². The maximum Gasteiger partial charge on any atom is 0.255 e. The molecule has 112 valence electrons. The first-order valence-electron chi connectivity index (χ1n) is 7.43. The Kier molecular flexibility index (Phi) is 3.90. The van der Waals surface area contributed by atoms with Gasteiger partial charge in [0.15, 0.2) is 0 Å². The first-order chi connectivity index (χ1) is 10.2. The molecule has 1 amide bonds. The standard InChI is InChI=1S/C16H19FN2O2/c1-2-11(8-17)10-21-15-7-12-5-6-19(13-3-4-13)16(20)14(12)9-18-15/h7-9,13H,2-6,10H2,1H3/b11-8+. The zero-order valence-corrected chi connectivity index (χ0v) is 12.1. The van der Waals surface area contributed by atoms with E-state index in [-0.39, 0.29) is 12.5 Å². The third kappa shape index (κ3) is 2.91. The van der Waals surface area contributed by atoms with E-state index in [1.807, 2.05) is 17.9 Å². The molecular weight excluding hydrogens is 271 g/mol. The minimum atomic E-state index is 0.0794. The van der Waals surface area contributed by atoms with Gasteiger partial charge in [-0.15, -0.1) is 0 Å². The highest BCUT2D eigenvalue weighted by Gasteiger charge is 2.36. The van der Waals surface area contributed by atoms with Gasteiger partial charge in [-0.25, -0.2) is 9.37 Å². The van der Waals surface area contributed by atoms with Crippen LogP contribution in [0, 0.1) is 0 Å². The Balaban J connectivity index is 1.72. The Morgan fingerprint density at radius 1 is 1.57 bits per heavy atom. The molecule has 1 aromatic rings. The SMILES string of the molecule is CC/C(=C\F)COc1cc2c(cn1)C(=O)N(C1CC1)CC2. The Morgan fingerprint density at radius 3 is 3.05 bits per heavy atom. The normalized spacial score (nSPS) is 18.7. The van der Waals surface area contributed by atoms with Crippen molar-refractivity contribution in [1.29, 1.82) is 0 Å². The molecule has 21 heavy (non-hydrogen) atoms. The maximum absolute atomic E-state index is 12.5. The van der Waals surface area contributed by atoms with Crippen LogP contribution >= 0.6 is 0 Å². The Hall–Kier alpha value is -1.91. The fourth-order valence-corrected chi connectivity index (χ4v) is 2.56. The van der Waals surface area contributed by atoms with Crippen molar-refractivity contribution in [1.82, 2.24) is 9.88 Å². The lowest BCUT2D eigenvalue weighted by molar-refractivity contribution is 0.0726. The number of rotatable bonds is 5. The summed E-state index contributed by atoms with van der Waals surface area (Å²) in [5, 5.41) is 0. The molecule has 0 aromatic carbocycles. The zero-order chi connectivity index (χ0) is 14.8. The van der Waals surface area contributed by atoms with Gasteiger partial charge >= 0.3 is 0 Å². The smallest absolute Gasteiger partial charge is 0.255 e. The lowest BCUT2D eigenvalue weighted by Crippen LogP contribution is -2.39. The van der Waals surface area contributed by atoms with E-state index in [0.29, 0.717) is 35.8 Å². The molecule has 4 nitrogen and oxygen atoms in total. The number of pyridine rings is 1. The summed E-state index contributed by atoms with van der Waals surface area (Å²) in [5.41, 5.74) is 2.24. The Morgan fingerprint density at radius 2 is 2.38 bits per heavy atom. The first kappa shape index (κ1) is 14.0. The van der Waals surface area contributed by atoms with Gasteiger partial charge in [-0.2, -0.15) is 0 Å². The number of carbonyl (C=O) groups is 1. The van der Waals surface area contributed by atoms with E-state index in [9.17, 15) is 9.18 Å². The van der Waals surface area contributed by atoms with Crippen LogP contribution in [-0.4, -0.2) is 35.0 Å². The average molecular weight is 290 g/mol. The average Bonchev–Trinajstić information content (AvgIpc) is 3.33. The van der Waals surface area contributed by atoms with Gasteiger partial charge < -0.3 is 9.64 Å². The number of hydrogen-bond donors (Lipinski definition) is 0. The van der Waals surface area contributed by atoms with Gasteiger partial charge in [0.1, 0.15) is 6.61 Å². The molecule has 5 heteroatoms. The highest BCUT2D eigenvalue weighted by molar-refractivity contribution is 5.96. The van der Waals surface area contributed by atoms with Crippen molar-refractivity contribution in [3.05, 3.63) is 35.3 Å². The molecule has 3 rings (SSSR count). The number of halogens is 1. The van der Waals surface area contributed by atoms with Crippen LogP contribution in [0.25, 0.3) is 0 Å². The van der Waals surface area contributed by atoms with E-state index in [4.69, 9.17) is 4.74 Å². The number of amides is 1. The van der Waals surface area contributed by atoms with Crippen LogP contribution < -0.4 is 4.74 Å². The van der Waals surface area contributed by atoms with E-state index in [2.05, 4.69) is 4.98 Å². The summed E-state index contributed by atoms with van der Waals surface area (Å²) in [5.74, 6) is 0.532. The van der Waals surface area contributed by atoms with Crippen LogP contribution in [0.3, 0.4) is 0 Å². The van der Waals surface area contributed by atoms with Crippen LogP contribution in [0.4, 0.5) is 4.39 Å². The third-order valence-electron chi connectivity index (χ3n) is 4.08. The highest BCUT2D eigenvalue weighted by Crippen LogP contribution is 2.32. The monoisotopic (exact) mass is 290 g/mol. The lowest BCUT2D eigenvalue weighted by atomic mass is 10.0. The van der Waals surface area contributed by atoms with Gasteiger partial charge in [-0.1, -0.05) is 6.92 Å². The number of nitrogens with zero attached hydrogens (tertiary/aromatic N) is 2. The topological polar surface area (TPSA) is 42.4 Å². The van der Waals surface area contributed by atoms with Crippen molar-refractivity contribution in [2.24, 2.45) is 0 Å². The van der Waals surface area contributed by atoms with Crippen LogP contribution in [0.15, 0.2) is 24.2 Å². The summed E-state index contributed by atoms with van der Waals surface area (Å²) in [6.07, 6.45) is 5.84. The van der Waals surface area contributed by atoms with Gasteiger partial charge in [0, 0.05) is 24.8 Å². The van der Waals surface area contributed by atoms with E-state index < -0.39 is 0 Å². The van der Waals surface area contributed by atoms with Gasteiger partial charge in [0.05, 0.1) is 11.9 Å². The summed E-state index contributed by atoms with van der Waals surface area (Å²) < 4.78 is 18.0. The minimum Gasteiger partial charge on any atom is -0.473 e. The van der Waals surface area contributed by atoms with Crippen molar-refractivity contribution in [2.75, 3.05) is 13.2 Å². The van der Waals surface area contributed by atoms with Gasteiger partial charge in [0.2, 0.25) is 5.88 Å². The predicted octanol–water partition coefficient (Wildman–Crippen LogP) is 2.88. The molecule has 0 bridgehead atoms. The van der Waals surface area contributed by atoms with Gasteiger partial charge in [-0.05, 0) is 36.8 Å².